The molecule has 1 heterocycles. The summed E-state index contributed by atoms with van der Waals surface area (Å²) in [5.74, 6) is 1.48. The summed E-state index contributed by atoms with van der Waals surface area (Å²) in [5.41, 5.74) is 2.06. The summed E-state index contributed by atoms with van der Waals surface area (Å²) in [4.78, 5) is 10.4. The first kappa shape index (κ1) is 13.3. The van der Waals surface area contributed by atoms with E-state index in [0.717, 1.165) is 16.9 Å². The first-order valence-corrected chi connectivity index (χ1v) is 6.12. The summed E-state index contributed by atoms with van der Waals surface area (Å²) in [6, 6.07) is 9.67. The molecule has 2 rings (SSSR count). The summed E-state index contributed by atoms with van der Waals surface area (Å²) in [7, 11) is 3.82. The highest BCUT2D eigenvalue weighted by atomic mass is 16.3. The minimum Gasteiger partial charge on any atom is -0.392 e. The topological polar surface area (TPSA) is 61.3 Å². The summed E-state index contributed by atoms with van der Waals surface area (Å²) in [5, 5.41) is 12.2. The Labute approximate surface area is 112 Å². The Morgan fingerprint density at radius 2 is 1.79 bits per heavy atom. The molecule has 0 aliphatic heterocycles. The lowest BCUT2D eigenvalue weighted by Gasteiger charge is -2.11. The molecule has 2 aromatic rings. The van der Waals surface area contributed by atoms with Crippen molar-refractivity contribution < 1.29 is 5.11 Å². The van der Waals surface area contributed by atoms with Gasteiger partial charge in [-0.2, -0.15) is 4.98 Å². The number of aromatic nitrogens is 2. The van der Waals surface area contributed by atoms with Crippen molar-refractivity contribution in [3.05, 3.63) is 47.7 Å². The van der Waals surface area contributed by atoms with Crippen LogP contribution in [0.4, 0.5) is 11.8 Å². The average Bonchev–Trinajstić information content (AvgIpc) is 2.46. The fourth-order valence-electron chi connectivity index (χ4n) is 1.62. The van der Waals surface area contributed by atoms with Crippen molar-refractivity contribution in [2.45, 2.75) is 13.2 Å². The molecule has 1 aromatic carbocycles. The van der Waals surface area contributed by atoms with Crippen molar-refractivity contribution in [3.63, 3.8) is 0 Å². The molecule has 0 unspecified atom stereocenters. The lowest BCUT2D eigenvalue weighted by molar-refractivity contribution is 0.282. The number of nitrogens with zero attached hydrogens (tertiary/aromatic N) is 3. The van der Waals surface area contributed by atoms with Gasteiger partial charge in [-0.1, -0.05) is 24.3 Å². The predicted molar refractivity (Wildman–Crippen MR) is 76.1 cm³/mol. The largest absolute Gasteiger partial charge is 0.392 e. The molecule has 19 heavy (non-hydrogen) atoms. The van der Waals surface area contributed by atoms with Crippen LogP contribution in [0.15, 0.2) is 36.5 Å². The third-order valence-electron chi connectivity index (χ3n) is 2.72. The van der Waals surface area contributed by atoms with E-state index >= 15 is 0 Å². The highest BCUT2D eigenvalue weighted by Gasteiger charge is 2.01. The Morgan fingerprint density at radius 3 is 2.42 bits per heavy atom. The van der Waals surface area contributed by atoms with Crippen LogP contribution in [-0.4, -0.2) is 29.2 Å². The van der Waals surface area contributed by atoms with Crippen molar-refractivity contribution in [1.29, 1.82) is 0 Å². The van der Waals surface area contributed by atoms with Gasteiger partial charge in [-0.3, -0.25) is 0 Å². The molecule has 5 heteroatoms. The van der Waals surface area contributed by atoms with E-state index in [-0.39, 0.29) is 6.61 Å². The molecule has 0 aliphatic rings. The molecule has 0 amide bonds. The Balaban J connectivity index is 1.99. The lowest BCUT2D eigenvalue weighted by Crippen LogP contribution is -2.13. The molecular weight excluding hydrogens is 240 g/mol. The van der Waals surface area contributed by atoms with Crippen LogP contribution in [0.1, 0.15) is 11.1 Å². The van der Waals surface area contributed by atoms with E-state index in [2.05, 4.69) is 15.3 Å². The van der Waals surface area contributed by atoms with Gasteiger partial charge >= 0.3 is 0 Å². The smallest absolute Gasteiger partial charge is 0.226 e. The van der Waals surface area contributed by atoms with Crippen LogP contribution in [0, 0.1) is 0 Å². The van der Waals surface area contributed by atoms with Crippen LogP contribution in [0.5, 0.6) is 0 Å². The molecule has 0 saturated carbocycles. The van der Waals surface area contributed by atoms with Crippen LogP contribution >= 0.6 is 0 Å². The van der Waals surface area contributed by atoms with E-state index < -0.39 is 0 Å². The van der Waals surface area contributed by atoms with Crippen LogP contribution in [-0.2, 0) is 13.2 Å². The Bertz CT molecular complexity index is 525. The zero-order valence-corrected chi connectivity index (χ0v) is 11.2. The van der Waals surface area contributed by atoms with Gasteiger partial charge in [-0.15, -0.1) is 0 Å². The van der Waals surface area contributed by atoms with Crippen LogP contribution in [0.2, 0.25) is 0 Å². The number of aliphatic hydroxyl groups is 1. The van der Waals surface area contributed by atoms with Crippen molar-refractivity contribution in [1.82, 2.24) is 9.97 Å². The lowest BCUT2D eigenvalue weighted by atomic mass is 10.1. The fraction of sp³-hybridized carbons (Fsp3) is 0.286. The minimum atomic E-state index is 0.0752. The molecule has 0 radical (unpaired) electrons. The maximum atomic E-state index is 8.98. The van der Waals surface area contributed by atoms with Crippen molar-refractivity contribution in [2.75, 3.05) is 24.3 Å². The summed E-state index contributed by atoms with van der Waals surface area (Å²) >= 11 is 0. The zero-order chi connectivity index (χ0) is 13.7. The van der Waals surface area contributed by atoms with Gasteiger partial charge in [-0.05, 0) is 17.2 Å². The molecule has 0 fully saturated rings. The first-order chi connectivity index (χ1) is 9.19. The Morgan fingerprint density at radius 1 is 1.11 bits per heavy atom. The third kappa shape index (κ3) is 3.66. The van der Waals surface area contributed by atoms with Gasteiger partial charge in [0.05, 0.1) is 6.61 Å². The Kier molecular flexibility index (Phi) is 4.30. The number of rotatable bonds is 5. The minimum absolute atomic E-state index is 0.0752. The summed E-state index contributed by atoms with van der Waals surface area (Å²) in [6.07, 6.45) is 1.74. The Hall–Kier alpha value is -2.14. The maximum Gasteiger partial charge on any atom is 0.226 e. The average molecular weight is 258 g/mol. The molecule has 0 bridgehead atoms. The van der Waals surface area contributed by atoms with Gasteiger partial charge in [0, 0.05) is 26.8 Å². The molecule has 5 nitrogen and oxygen atoms in total. The van der Waals surface area contributed by atoms with Crippen molar-refractivity contribution >= 4 is 11.8 Å². The highest BCUT2D eigenvalue weighted by Crippen LogP contribution is 2.10. The van der Waals surface area contributed by atoms with E-state index in [9.17, 15) is 0 Å². The number of anilines is 2. The van der Waals surface area contributed by atoms with E-state index in [4.69, 9.17) is 5.11 Å². The van der Waals surface area contributed by atoms with Gasteiger partial charge in [0.25, 0.3) is 0 Å². The van der Waals surface area contributed by atoms with Crippen LogP contribution < -0.4 is 10.2 Å². The molecule has 100 valence electrons. The van der Waals surface area contributed by atoms with E-state index in [0.29, 0.717) is 12.5 Å². The number of aliphatic hydroxyl groups excluding tert-OH is 1. The summed E-state index contributed by atoms with van der Waals surface area (Å²) in [6.45, 7) is 0.765. The van der Waals surface area contributed by atoms with Gasteiger partial charge < -0.3 is 15.3 Å². The second-order valence-electron chi connectivity index (χ2n) is 4.46. The molecule has 0 atom stereocenters. The molecule has 0 spiro atoms. The standard InChI is InChI=1S/C14H18N4O/c1-18(2)14-15-8-7-13(17-14)16-9-11-3-5-12(10-19)6-4-11/h3-8,19H,9-10H2,1-2H3,(H,15,16,17). The number of hydrogen-bond donors (Lipinski definition) is 2. The van der Waals surface area contributed by atoms with Crippen LogP contribution in [0.3, 0.4) is 0 Å². The normalized spacial score (nSPS) is 10.3. The van der Waals surface area contributed by atoms with Gasteiger partial charge in [0.15, 0.2) is 0 Å². The van der Waals surface area contributed by atoms with Gasteiger partial charge in [-0.25, -0.2) is 4.98 Å². The van der Waals surface area contributed by atoms with Gasteiger partial charge in [0.2, 0.25) is 5.95 Å². The molecular formula is C14H18N4O. The molecule has 1 aromatic heterocycles. The summed E-state index contributed by atoms with van der Waals surface area (Å²) < 4.78 is 0. The first-order valence-electron chi connectivity index (χ1n) is 6.12. The maximum absolute atomic E-state index is 8.98. The second kappa shape index (κ2) is 6.15. The fourth-order valence-corrected chi connectivity index (χ4v) is 1.62. The van der Waals surface area contributed by atoms with Crippen LogP contribution in [0.25, 0.3) is 0 Å². The van der Waals surface area contributed by atoms with E-state index in [1.165, 1.54) is 0 Å². The SMILES string of the molecule is CN(C)c1nccc(NCc2ccc(CO)cc2)n1. The van der Waals surface area contributed by atoms with E-state index in [1.54, 1.807) is 6.20 Å². The second-order valence-corrected chi connectivity index (χ2v) is 4.46. The number of nitrogens with one attached hydrogen (secondary N) is 1. The van der Waals surface area contributed by atoms with Crippen molar-refractivity contribution in [3.8, 4) is 0 Å². The molecule has 2 N–H and O–H groups in total. The molecule has 0 aliphatic carbocycles. The van der Waals surface area contributed by atoms with Crippen molar-refractivity contribution in [2.24, 2.45) is 0 Å². The number of benzene rings is 1. The highest BCUT2D eigenvalue weighted by molar-refractivity contribution is 5.41. The monoisotopic (exact) mass is 258 g/mol. The van der Waals surface area contributed by atoms with E-state index in [1.807, 2.05) is 49.3 Å². The third-order valence-corrected chi connectivity index (χ3v) is 2.72. The van der Waals surface area contributed by atoms with Gasteiger partial charge in [0.1, 0.15) is 5.82 Å². The number of hydrogen-bond acceptors (Lipinski definition) is 5. The predicted octanol–water partition coefficient (Wildman–Crippen LogP) is 1.65. The molecule has 0 saturated heterocycles. The zero-order valence-electron chi connectivity index (χ0n) is 11.2. The quantitative estimate of drug-likeness (QED) is 0.854.